The third kappa shape index (κ3) is 5.07. The molecule has 1 N–H and O–H groups in total. The molecular formula is C21H24N2O5. The van der Waals surface area contributed by atoms with Gasteiger partial charge in [-0.1, -0.05) is 29.8 Å². The molecule has 0 spiro atoms. The minimum absolute atomic E-state index is 0.0752. The number of benzene rings is 1. The van der Waals surface area contributed by atoms with Gasteiger partial charge in [-0.2, -0.15) is 0 Å². The molecule has 0 radical (unpaired) electrons. The Morgan fingerprint density at radius 1 is 1.14 bits per heavy atom. The predicted molar refractivity (Wildman–Crippen MR) is 102 cm³/mol. The van der Waals surface area contributed by atoms with Crippen LogP contribution in [0.4, 0.5) is 0 Å². The molecule has 7 nitrogen and oxygen atoms in total. The van der Waals surface area contributed by atoms with E-state index < -0.39 is 17.9 Å². The van der Waals surface area contributed by atoms with Crippen molar-refractivity contribution in [3.8, 4) is 5.88 Å². The van der Waals surface area contributed by atoms with Crippen molar-refractivity contribution in [2.45, 2.75) is 31.9 Å². The molecule has 1 unspecified atom stereocenters. The van der Waals surface area contributed by atoms with Crippen molar-refractivity contribution in [1.29, 1.82) is 0 Å². The van der Waals surface area contributed by atoms with Gasteiger partial charge in [0.2, 0.25) is 5.88 Å². The Morgan fingerprint density at radius 2 is 1.86 bits per heavy atom. The zero-order chi connectivity index (χ0) is 19.9. The Balaban J connectivity index is 1.67. The number of pyridine rings is 1. The molecule has 0 aliphatic carbocycles. The first-order chi connectivity index (χ1) is 13.6. The van der Waals surface area contributed by atoms with Crippen LogP contribution in [0.15, 0.2) is 42.6 Å². The van der Waals surface area contributed by atoms with E-state index >= 15 is 0 Å². The van der Waals surface area contributed by atoms with E-state index in [1.807, 2.05) is 19.1 Å². The monoisotopic (exact) mass is 384 g/mol. The summed E-state index contributed by atoms with van der Waals surface area (Å²) in [4.78, 5) is 29.0. The first kappa shape index (κ1) is 19.8. The summed E-state index contributed by atoms with van der Waals surface area (Å²) >= 11 is 0. The maximum atomic E-state index is 12.6. The summed E-state index contributed by atoms with van der Waals surface area (Å²) in [5.41, 5.74) is 2.04. The Morgan fingerprint density at radius 3 is 2.46 bits per heavy atom. The SMILES string of the molecule is COC(=O)C(NC(=O)c1ccc(OC2CCOCC2)nc1)c1ccc(C)cc1. The van der Waals surface area contributed by atoms with Gasteiger partial charge in [-0.3, -0.25) is 4.79 Å². The number of nitrogens with one attached hydrogen (secondary N) is 1. The van der Waals surface area contributed by atoms with Gasteiger partial charge in [0.1, 0.15) is 6.10 Å². The lowest BCUT2D eigenvalue weighted by atomic mass is 10.0. The summed E-state index contributed by atoms with van der Waals surface area (Å²) in [7, 11) is 1.29. The number of aryl methyl sites for hydroxylation is 1. The molecule has 28 heavy (non-hydrogen) atoms. The van der Waals surface area contributed by atoms with Crippen molar-refractivity contribution in [2.24, 2.45) is 0 Å². The standard InChI is InChI=1S/C21H24N2O5/c1-14-3-5-15(6-4-14)19(21(25)26-2)23-20(24)16-7-8-18(22-13-16)28-17-9-11-27-12-10-17/h3-8,13,17,19H,9-12H2,1-2H3,(H,23,24). The smallest absolute Gasteiger partial charge is 0.333 e. The summed E-state index contributed by atoms with van der Waals surface area (Å²) in [5.74, 6) is -0.489. The topological polar surface area (TPSA) is 86.8 Å². The van der Waals surface area contributed by atoms with E-state index in [-0.39, 0.29) is 6.10 Å². The van der Waals surface area contributed by atoms with Crippen LogP contribution >= 0.6 is 0 Å². The molecule has 3 rings (SSSR count). The Kier molecular flexibility index (Phi) is 6.60. The number of nitrogens with zero attached hydrogens (tertiary/aromatic N) is 1. The lowest BCUT2D eigenvalue weighted by Crippen LogP contribution is -2.34. The van der Waals surface area contributed by atoms with Gasteiger partial charge in [-0.25, -0.2) is 9.78 Å². The maximum absolute atomic E-state index is 12.6. The number of methoxy groups -OCH3 is 1. The summed E-state index contributed by atoms with van der Waals surface area (Å²) in [6, 6.07) is 9.73. The molecule has 2 heterocycles. The highest BCUT2D eigenvalue weighted by Gasteiger charge is 2.24. The van der Waals surface area contributed by atoms with Crippen LogP contribution in [0.3, 0.4) is 0 Å². The third-order valence-electron chi connectivity index (χ3n) is 4.58. The largest absolute Gasteiger partial charge is 0.474 e. The average Bonchev–Trinajstić information content (AvgIpc) is 2.73. The van der Waals surface area contributed by atoms with Crippen molar-refractivity contribution in [2.75, 3.05) is 20.3 Å². The molecule has 2 aromatic rings. The fourth-order valence-electron chi connectivity index (χ4n) is 2.92. The number of hydrogen-bond acceptors (Lipinski definition) is 6. The van der Waals surface area contributed by atoms with E-state index in [2.05, 4.69) is 10.3 Å². The molecule has 0 bridgehead atoms. The van der Waals surface area contributed by atoms with Gasteiger partial charge in [-0.05, 0) is 18.6 Å². The van der Waals surface area contributed by atoms with Crippen LogP contribution in [-0.2, 0) is 14.3 Å². The molecule has 1 aromatic heterocycles. The highest BCUT2D eigenvalue weighted by atomic mass is 16.5. The highest BCUT2D eigenvalue weighted by molar-refractivity contribution is 5.96. The first-order valence-corrected chi connectivity index (χ1v) is 9.22. The number of ether oxygens (including phenoxy) is 3. The second-order valence-corrected chi connectivity index (χ2v) is 6.66. The normalized spacial score (nSPS) is 15.5. The Hall–Kier alpha value is -2.93. The van der Waals surface area contributed by atoms with Gasteiger partial charge in [0.25, 0.3) is 5.91 Å². The van der Waals surface area contributed by atoms with E-state index in [0.717, 1.165) is 18.4 Å². The molecule has 148 valence electrons. The quantitative estimate of drug-likeness (QED) is 0.771. The van der Waals surface area contributed by atoms with Crippen molar-refractivity contribution in [3.05, 3.63) is 59.3 Å². The van der Waals surface area contributed by atoms with E-state index in [0.29, 0.717) is 30.2 Å². The van der Waals surface area contributed by atoms with Crippen LogP contribution < -0.4 is 10.1 Å². The minimum atomic E-state index is -0.892. The van der Waals surface area contributed by atoms with Crippen LogP contribution in [0.1, 0.15) is 40.4 Å². The van der Waals surface area contributed by atoms with Crippen LogP contribution in [-0.4, -0.2) is 43.3 Å². The molecule has 1 aliphatic rings. The van der Waals surface area contributed by atoms with E-state index in [9.17, 15) is 9.59 Å². The van der Waals surface area contributed by atoms with Crippen molar-refractivity contribution >= 4 is 11.9 Å². The van der Waals surface area contributed by atoms with E-state index in [1.165, 1.54) is 13.3 Å². The van der Waals surface area contributed by atoms with Gasteiger partial charge in [0.15, 0.2) is 6.04 Å². The molecule has 1 aliphatic heterocycles. The lowest BCUT2D eigenvalue weighted by molar-refractivity contribution is -0.143. The van der Waals surface area contributed by atoms with Gasteiger partial charge in [0.05, 0.1) is 25.9 Å². The summed E-state index contributed by atoms with van der Waals surface area (Å²) in [5, 5.41) is 2.71. The van der Waals surface area contributed by atoms with Crippen LogP contribution in [0.5, 0.6) is 5.88 Å². The number of esters is 1. The first-order valence-electron chi connectivity index (χ1n) is 9.22. The molecule has 1 saturated heterocycles. The average molecular weight is 384 g/mol. The zero-order valence-electron chi connectivity index (χ0n) is 16.0. The van der Waals surface area contributed by atoms with Crippen molar-refractivity contribution in [3.63, 3.8) is 0 Å². The Labute approximate surface area is 164 Å². The number of hydrogen-bond donors (Lipinski definition) is 1. The van der Waals surface area contributed by atoms with Gasteiger partial charge >= 0.3 is 5.97 Å². The fourth-order valence-corrected chi connectivity index (χ4v) is 2.92. The minimum Gasteiger partial charge on any atom is -0.474 e. The van der Waals surface area contributed by atoms with Crippen molar-refractivity contribution < 1.29 is 23.8 Å². The summed E-state index contributed by atoms with van der Waals surface area (Å²) in [6.07, 6.45) is 3.15. The predicted octanol–water partition coefficient (Wildman–Crippen LogP) is 2.59. The van der Waals surface area contributed by atoms with Gasteiger partial charge in [-0.15, -0.1) is 0 Å². The zero-order valence-corrected chi connectivity index (χ0v) is 16.0. The third-order valence-corrected chi connectivity index (χ3v) is 4.58. The van der Waals surface area contributed by atoms with Crippen LogP contribution in [0, 0.1) is 6.92 Å². The molecular weight excluding hydrogens is 360 g/mol. The summed E-state index contributed by atoms with van der Waals surface area (Å²) < 4.78 is 16.0. The Bertz CT molecular complexity index is 799. The molecule has 1 atom stereocenters. The fraction of sp³-hybridized carbons (Fsp3) is 0.381. The number of amides is 1. The van der Waals surface area contributed by atoms with E-state index in [4.69, 9.17) is 14.2 Å². The number of rotatable bonds is 6. The van der Waals surface area contributed by atoms with Crippen molar-refractivity contribution in [1.82, 2.24) is 10.3 Å². The highest BCUT2D eigenvalue weighted by Crippen LogP contribution is 2.18. The summed E-state index contributed by atoms with van der Waals surface area (Å²) in [6.45, 7) is 3.31. The van der Waals surface area contributed by atoms with Crippen LogP contribution in [0.25, 0.3) is 0 Å². The maximum Gasteiger partial charge on any atom is 0.333 e. The molecule has 7 heteroatoms. The molecule has 0 saturated carbocycles. The number of carbonyl (C=O) groups is 2. The number of aromatic nitrogens is 1. The molecule has 1 aromatic carbocycles. The van der Waals surface area contributed by atoms with Gasteiger partial charge in [0, 0.05) is 25.1 Å². The second-order valence-electron chi connectivity index (χ2n) is 6.66. The van der Waals surface area contributed by atoms with E-state index in [1.54, 1.807) is 24.3 Å². The molecule has 1 amide bonds. The lowest BCUT2D eigenvalue weighted by Gasteiger charge is -2.22. The molecule has 1 fully saturated rings. The second kappa shape index (κ2) is 9.32. The van der Waals surface area contributed by atoms with Gasteiger partial charge < -0.3 is 19.5 Å². The van der Waals surface area contributed by atoms with Crippen LogP contribution in [0.2, 0.25) is 0 Å². The number of carbonyl (C=O) groups excluding carboxylic acids is 2.